The summed E-state index contributed by atoms with van der Waals surface area (Å²) >= 11 is 0. The number of piperidine rings is 1. The van der Waals surface area contributed by atoms with Gasteiger partial charge in [0.1, 0.15) is 5.60 Å². The second kappa shape index (κ2) is 9.27. The number of β-amino-alcohol motifs (C(OH)–C–C–N with tert-alkyl or cyclic N) is 1. The van der Waals surface area contributed by atoms with Gasteiger partial charge >= 0.3 is 12.1 Å². The molecule has 3 aliphatic rings. The number of fused-ring (bicyclic) bond motifs is 1. The molecular formula is C24H36N4O4. The molecule has 3 aliphatic heterocycles. The van der Waals surface area contributed by atoms with Gasteiger partial charge < -0.3 is 25.0 Å². The predicted octanol–water partition coefficient (Wildman–Crippen LogP) is 2.20. The molecule has 3 heterocycles. The number of aliphatic hydroxyl groups is 1. The molecule has 0 spiro atoms. The van der Waals surface area contributed by atoms with Gasteiger partial charge in [0.2, 0.25) is 0 Å². The van der Waals surface area contributed by atoms with E-state index in [0.29, 0.717) is 39.0 Å². The minimum Gasteiger partial charge on any atom is -0.444 e. The number of benzene rings is 1. The first kappa shape index (κ1) is 22.9. The van der Waals surface area contributed by atoms with Gasteiger partial charge in [-0.1, -0.05) is 24.3 Å². The Kier molecular flexibility index (Phi) is 6.62. The van der Waals surface area contributed by atoms with Crippen molar-refractivity contribution in [3.05, 3.63) is 35.4 Å². The molecule has 8 nitrogen and oxygen atoms in total. The van der Waals surface area contributed by atoms with Crippen LogP contribution in [-0.2, 0) is 17.7 Å². The van der Waals surface area contributed by atoms with Gasteiger partial charge in [0.25, 0.3) is 0 Å². The molecule has 0 aromatic heterocycles. The SMILES string of the molecule is CC(C)(C)OC(=O)NC1CCN(C(=O)N2C[C@@H](O)[C@H](N3CCc4ccccc4C3)C2)CC1. The van der Waals surface area contributed by atoms with Crippen LogP contribution in [0.5, 0.6) is 0 Å². The summed E-state index contributed by atoms with van der Waals surface area (Å²) in [6.07, 6.45) is 1.44. The van der Waals surface area contributed by atoms with Crippen LogP contribution in [0.3, 0.4) is 0 Å². The Hall–Kier alpha value is -2.32. The first-order valence-electron chi connectivity index (χ1n) is 11.7. The quantitative estimate of drug-likeness (QED) is 0.731. The smallest absolute Gasteiger partial charge is 0.407 e. The Bertz CT molecular complexity index is 832. The number of carbonyl (C=O) groups excluding carboxylic acids is 2. The van der Waals surface area contributed by atoms with Crippen LogP contribution in [0.2, 0.25) is 0 Å². The summed E-state index contributed by atoms with van der Waals surface area (Å²) in [6.45, 7) is 9.36. The van der Waals surface area contributed by atoms with Crippen molar-refractivity contribution < 1.29 is 19.4 Å². The fraction of sp³-hybridized carbons (Fsp3) is 0.667. The Balaban J connectivity index is 1.27. The van der Waals surface area contributed by atoms with E-state index in [-0.39, 0.29) is 18.1 Å². The van der Waals surface area contributed by atoms with Gasteiger partial charge in [-0.2, -0.15) is 0 Å². The highest BCUT2D eigenvalue weighted by molar-refractivity contribution is 5.75. The van der Waals surface area contributed by atoms with Gasteiger partial charge in [-0.25, -0.2) is 9.59 Å². The monoisotopic (exact) mass is 444 g/mol. The van der Waals surface area contributed by atoms with E-state index in [0.717, 1.165) is 19.5 Å². The molecule has 0 saturated carbocycles. The van der Waals surface area contributed by atoms with Crippen LogP contribution in [0.15, 0.2) is 24.3 Å². The summed E-state index contributed by atoms with van der Waals surface area (Å²) in [5, 5.41) is 13.6. The minimum absolute atomic E-state index is 0.0132. The molecule has 2 atom stereocenters. The van der Waals surface area contributed by atoms with Gasteiger partial charge in [0, 0.05) is 45.3 Å². The van der Waals surface area contributed by atoms with E-state index in [1.54, 1.807) is 4.90 Å². The molecule has 4 rings (SSSR count). The number of carbonyl (C=O) groups is 2. The molecule has 0 aliphatic carbocycles. The average molecular weight is 445 g/mol. The van der Waals surface area contributed by atoms with Crippen LogP contribution in [0, 0.1) is 0 Å². The van der Waals surface area contributed by atoms with Crippen LogP contribution in [0.4, 0.5) is 9.59 Å². The summed E-state index contributed by atoms with van der Waals surface area (Å²) in [4.78, 5) is 31.0. The number of urea groups is 1. The van der Waals surface area contributed by atoms with Crippen molar-refractivity contribution in [2.24, 2.45) is 0 Å². The van der Waals surface area contributed by atoms with Crippen molar-refractivity contribution >= 4 is 12.1 Å². The van der Waals surface area contributed by atoms with Crippen LogP contribution in [0.1, 0.15) is 44.7 Å². The molecule has 8 heteroatoms. The summed E-state index contributed by atoms with van der Waals surface area (Å²) in [5.41, 5.74) is 2.17. The van der Waals surface area contributed by atoms with Crippen molar-refractivity contribution in [2.75, 3.05) is 32.7 Å². The lowest BCUT2D eigenvalue weighted by molar-refractivity contribution is 0.0482. The van der Waals surface area contributed by atoms with Crippen LogP contribution >= 0.6 is 0 Å². The Morgan fingerprint density at radius 1 is 1.03 bits per heavy atom. The first-order chi connectivity index (χ1) is 15.2. The third kappa shape index (κ3) is 5.35. The molecule has 2 N–H and O–H groups in total. The molecule has 0 unspecified atom stereocenters. The van der Waals surface area contributed by atoms with Crippen molar-refractivity contribution in [1.82, 2.24) is 20.0 Å². The normalized spacial score (nSPS) is 24.9. The highest BCUT2D eigenvalue weighted by atomic mass is 16.6. The molecule has 1 aromatic carbocycles. The number of hydrogen-bond donors (Lipinski definition) is 2. The third-order valence-corrected chi connectivity index (χ3v) is 6.65. The zero-order chi connectivity index (χ0) is 22.9. The van der Waals surface area contributed by atoms with Gasteiger partial charge in [0.05, 0.1) is 12.1 Å². The fourth-order valence-electron chi connectivity index (χ4n) is 4.97. The van der Waals surface area contributed by atoms with Gasteiger partial charge in [-0.05, 0) is 51.2 Å². The van der Waals surface area contributed by atoms with Crippen LogP contribution < -0.4 is 5.32 Å². The predicted molar refractivity (Wildman–Crippen MR) is 121 cm³/mol. The van der Waals surface area contributed by atoms with E-state index in [2.05, 4.69) is 34.5 Å². The number of aliphatic hydroxyl groups excluding tert-OH is 1. The highest BCUT2D eigenvalue weighted by Gasteiger charge is 2.40. The molecule has 2 saturated heterocycles. The van der Waals surface area contributed by atoms with Crippen molar-refractivity contribution in [2.45, 2.75) is 70.4 Å². The van der Waals surface area contributed by atoms with E-state index in [1.165, 1.54) is 11.1 Å². The van der Waals surface area contributed by atoms with Crippen molar-refractivity contribution in [3.63, 3.8) is 0 Å². The lowest BCUT2D eigenvalue weighted by atomic mass is 9.98. The summed E-state index contributed by atoms with van der Waals surface area (Å²) in [7, 11) is 0. The Labute approximate surface area is 190 Å². The van der Waals surface area contributed by atoms with Gasteiger partial charge in [0.15, 0.2) is 0 Å². The van der Waals surface area contributed by atoms with Gasteiger partial charge in [-0.15, -0.1) is 0 Å². The molecule has 3 amide bonds. The van der Waals surface area contributed by atoms with Crippen molar-refractivity contribution in [1.29, 1.82) is 0 Å². The van der Waals surface area contributed by atoms with Crippen molar-refractivity contribution in [3.8, 4) is 0 Å². The van der Waals surface area contributed by atoms with Gasteiger partial charge in [-0.3, -0.25) is 4.90 Å². The first-order valence-corrected chi connectivity index (χ1v) is 11.7. The number of nitrogens with one attached hydrogen (secondary N) is 1. The molecule has 176 valence electrons. The number of hydrogen-bond acceptors (Lipinski definition) is 5. The number of nitrogens with zero attached hydrogens (tertiary/aromatic N) is 3. The van der Waals surface area contributed by atoms with E-state index in [9.17, 15) is 14.7 Å². The van der Waals surface area contributed by atoms with E-state index in [4.69, 9.17) is 4.74 Å². The molecular weight excluding hydrogens is 408 g/mol. The topological polar surface area (TPSA) is 85.3 Å². The fourth-order valence-corrected chi connectivity index (χ4v) is 4.97. The molecule has 0 radical (unpaired) electrons. The molecule has 32 heavy (non-hydrogen) atoms. The Morgan fingerprint density at radius 2 is 1.72 bits per heavy atom. The maximum atomic E-state index is 13.1. The van der Waals surface area contributed by atoms with Crippen LogP contribution in [0.25, 0.3) is 0 Å². The zero-order valence-electron chi connectivity index (χ0n) is 19.4. The lowest BCUT2D eigenvalue weighted by Crippen LogP contribution is -2.51. The standard InChI is InChI=1S/C24H36N4O4/c1-24(2,3)32-22(30)25-19-9-12-26(13-10-19)23(31)28-15-20(21(29)16-28)27-11-8-17-6-4-5-7-18(17)14-27/h4-7,19-21,29H,8-16H2,1-3H3,(H,25,30)/t20-,21-/m1/s1. The Morgan fingerprint density at radius 3 is 2.41 bits per heavy atom. The maximum Gasteiger partial charge on any atom is 0.407 e. The second-order valence-electron chi connectivity index (χ2n) is 10.2. The number of ether oxygens (including phenoxy) is 1. The van der Waals surface area contributed by atoms with E-state index in [1.807, 2.05) is 25.7 Å². The summed E-state index contributed by atoms with van der Waals surface area (Å²) < 4.78 is 5.33. The maximum absolute atomic E-state index is 13.1. The number of amides is 3. The average Bonchev–Trinajstić information content (AvgIpc) is 3.13. The second-order valence-corrected chi connectivity index (χ2v) is 10.2. The minimum atomic E-state index is -0.532. The number of rotatable bonds is 2. The van der Waals surface area contributed by atoms with E-state index >= 15 is 0 Å². The molecule has 2 fully saturated rings. The number of likely N-dealkylation sites (tertiary alicyclic amines) is 2. The molecule has 0 bridgehead atoms. The summed E-state index contributed by atoms with van der Waals surface area (Å²) in [5.74, 6) is 0. The number of alkyl carbamates (subject to hydrolysis) is 1. The zero-order valence-corrected chi connectivity index (χ0v) is 19.4. The van der Waals surface area contributed by atoms with Crippen LogP contribution in [-0.4, -0.2) is 88.4 Å². The highest BCUT2D eigenvalue weighted by Crippen LogP contribution is 2.26. The summed E-state index contributed by atoms with van der Waals surface area (Å²) in [6, 6.07) is 8.43. The molecule has 1 aromatic rings. The third-order valence-electron chi connectivity index (χ3n) is 6.65. The lowest BCUT2D eigenvalue weighted by Gasteiger charge is -2.36. The largest absolute Gasteiger partial charge is 0.444 e. The van der Waals surface area contributed by atoms with E-state index < -0.39 is 17.8 Å².